The largest absolute Gasteiger partial charge is 0.379 e. The number of hydrogen-bond acceptors (Lipinski definition) is 10. The van der Waals surface area contributed by atoms with Crippen molar-refractivity contribution in [2.45, 2.75) is 70.9 Å². The van der Waals surface area contributed by atoms with E-state index in [0.29, 0.717) is 77.4 Å². The summed E-state index contributed by atoms with van der Waals surface area (Å²) in [5.41, 5.74) is 8.71. The number of ether oxygens (including phenoxy) is 4. The highest BCUT2D eigenvalue weighted by Crippen LogP contribution is 2.03. The van der Waals surface area contributed by atoms with Crippen LogP contribution < -0.4 is 16.4 Å². The van der Waals surface area contributed by atoms with Crippen LogP contribution >= 0.6 is 0 Å². The van der Waals surface area contributed by atoms with E-state index in [1.165, 1.54) is 13.3 Å². The van der Waals surface area contributed by atoms with Gasteiger partial charge in [-0.2, -0.15) is 0 Å². The van der Waals surface area contributed by atoms with Crippen molar-refractivity contribution in [2.24, 2.45) is 0 Å². The lowest BCUT2D eigenvalue weighted by molar-refractivity contribution is -0.127. The summed E-state index contributed by atoms with van der Waals surface area (Å²) in [5, 5.41) is 5.73. The molecule has 0 spiro atoms. The molecule has 13 nitrogen and oxygen atoms in total. The third-order valence-corrected chi connectivity index (χ3v) is 5.96. The van der Waals surface area contributed by atoms with Gasteiger partial charge in [0.25, 0.3) is 0 Å². The van der Waals surface area contributed by atoms with E-state index in [9.17, 15) is 19.2 Å². The van der Waals surface area contributed by atoms with Crippen molar-refractivity contribution in [3.63, 3.8) is 0 Å². The number of carbonyl (C=O) groups excluding carboxylic acids is 4. The fourth-order valence-corrected chi connectivity index (χ4v) is 3.66. The van der Waals surface area contributed by atoms with Crippen LogP contribution in [0.1, 0.15) is 58.1 Å². The monoisotopic (exact) mass is 582 g/mol. The second-order valence-electron chi connectivity index (χ2n) is 9.66. The molecule has 2 atom stereocenters. The lowest BCUT2D eigenvalue weighted by Crippen LogP contribution is -2.42. The molecule has 0 unspecified atom stereocenters. The summed E-state index contributed by atoms with van der Waals surface area (Å²) < 4.78 is 21.3. The second-order valence-corrected chi connectivity index (χ2v) is 9.66. The molecule has 0 aromatic carbocycles. The molecule has 0 aliphatic rings. The van der Waals surface area contributed by atoms with E-state index >= 15 is 0 Å². The van der Waals surface area contributed by atoms with E-state index in [1.807, 2.05) is 6.92 Å². The van der Waals surface area contributed by atoms with Gasteiger partial charge in [-0.25, -0.2) is 10.7 Å². The Morgan fingerprint density at radius 3 is 2.34 bits per heavy atom. The van der Waals surface area contributed by atoms with Crippen molar-refractivity contribution >= 4 is 23.3 Å². The first-order valence-corrected chi connectivity index (χ1v) is 14.4. The van der Waals surface area contributed by atoms with E-state index in [4.69, 9.17) is 24.7 Å². The second kappa shape index (κ2) is 24.1. The zero-order valence-corrected chi connectivity index (χ0v) is 24.5. The molecule has 1 heterocycles. The summed E-state index contributed by atoms with van der Waals surface area (Å²) in [7, 11) is 0. The Bertz CT molecular complexity index is 853. The Labute approximate surface area is 243 Å². The van der Waals surface area contributed by atoms with Crippen LogP contribution in [0, 0.1) is 0 Å². The molecule has 0 aliphatic carbocycles. The molecule has 0 saturated carbocycles. The summed E-state index contributed by atoms with van der Waals surface area (Å²) in [5.74, 6) is -0.568. The molecule has 1 aromatic heterocycles. The smallest absolute Gasteiger partial charge is 0.245 e. The number of unbranched alkanes of at least 4 members (excludes halogenated alkanes) is 1. The van der Waals surface area contributed by atoms with Crippen molar-refractivity contribution in [2.75, 3.05) is 65.9 Å². The van der Waals surface area contributed by atoms with Gasteiger partial charge in [0.2, 0.25) is 5.91 Å². The number of amides is 1. The average molecular weight is 583 g/mol. The first kappa shape index (κ1) is 36.5. The third-order valence-electron chi connectivity index (χ3n) is 5.96. The Kier molecular flexibility index (Phi) is 21.4. The van der Waals surface area contributed by atoms with Gasteiger partial charge in [0.1, 0.15) is 19.0 Å². The van der Waals surface area contributed by atoms with Crippen molar-refractivity contribution in [3.8, 4) is 0 Å². The number of nitrogens with zero attached hydrogens (tertiary/aromatic N) is 1. The number of aromatic amines is 1. The molecule has 1 radical (unpaired) electrons. The summed E-state index contributed by atoms with van der Waals surface area (Å²) in [6, 6.07) is -1.40. The number of imidazole rings is 1. The predicted octanol–water partition coefficient (Wildman–Crippen LogP) is 0.832. The summed E-state index contributed by atoms with van der Waals surface area (Å²) in [6.07, 6.45) is 7.16. The normalized spacial score (nSPS) is 12.7. The van der Waals surface area contributed by atoms with E-state index in [0.717, 1.165) is 6.42 Å². The highest BCUT2D eigenvalue weighted by Gasteiger charge is 2.19. The van der Waals surface area contributed by atoms with Crippen LogP contribution in [0.4, 0.5) is 0 Å². The summed E-state index contributed by atoms with van der Waals surface area (Å²) in [4.78, 5) is 54.5. The number of rotatable bonds is 28. The van der Waals surface area contributed by atoms with Gasteiger partial charge >= 0.3 is 0 Å². The molecule has 0 saturated heterocycles. The number of ketones is 3. The topological polar surface area (TPSA) is 182 Å². The molecule has 13 heteroatoms. The van der Waals surface area contributed by atoms with Crippen molar-refractivity contribution in [1.29, 1.82) is 0 Å². The minimum Gasteiger partial charge on any atom is -0.379 e. The van der Waals surface area contributed by atoms with Gasteiger partial charge in [-0.1, -0.05) is 6.92 Å². The Morgan fingerprint density at radius 2 is 1.66 bits per heavy atom. The highest BCUT2D eigenvalue weighted by molar-refractivity contribution is 5.87. The lowest BCUT2D eigenvalue weighted by atomic mass is 10.0. The lowest BCUT2D eigenvalue weighted by Gasteiger charge is -2.17. The van der Waals surface area contributed by atoms with Crippen LogP contribution in [-0.2, 0) is 44.5 Å². The van der Waals surface area contributed by atoms with Gasteiger partial charge in [0, 0.05) is 44.5 Å². The molecule has 1 amide bonds. The number of H-pyrrole nitrogens is 1. The Morgan fingerprint density at radius 1 is 0.951 bits per heavy atom. The molecular weight excluding hydrogens is 534 g/mol. The minimum atomic E-state index is -0.929. The van der Waals surface area contributed by atoms with Gasteiger partial charge in [-0.3, -0.25) is 19.2 Å². The molecule has 0 fully saturated rings. The molecule has 0 bridgehead atoms. The fraction of sp³-hybridized carbons (Fsp3) is 0.750. The van der Waals surface area contributed by atoms with Crippen LogP contribution in [0.5, 0.6) is 0 Å². The first-order chi connectivity index (χ1) is 19.8. The van der Waals surface area contributed by atoms with Crippen LogP contribution in [-0.4, -0.2) is 111 Å². The maximum absolute atomic E-state index is 12.2. The van der Waals surface area contributed by atoms with E-state index in [-0.39, 0.29) is 56.0 Å². The van der Waals surface area contributed by atoms with Gasteiger partial charge in [0.15, 0.2) is 11.6 Å². The number of Topliss-reactive ketones (excluding diaryl/α,β-unsaturated/α-hetero) is 3. The maximum Gasteiger partial charge on any atom is 0.245 e. The number of carbonyl (C=O) groups is 4. The molecule has 1 rings (SSSR count). The first-order valence-electron chi connectivity index (χ1n) is 14.4. The van der Waals surface area contributed by atoms with Crippen LogP contribution in [0.25, 0.3) is 0 Å². The van der Waals surface area contributed by atoms with E-state index in [1.54, 1.807) is 6.20 Å². The molecule has 233 valence electrons. The summed E-state index contributed by atoms with van der Waals surface area (Å²) in [6.45, 7) is 6.55. The standard InChI is InChI=1S/C28H48N5O8/c1-3-10-38-12-14-40-19-24(35)7-6-11-39-13-15-41-20-28(37)31-9-5-4-8-26(22(2)34)32-18-27(36)25(29)16-23-17-30-21-33-23/h17,21,25-26,29,32H,3-16,18-20H2,1-2H3,(H,30,33)(H,31,37)/t25-,26-/m0/s1. The van der Waals surface area contributed by atoms with Gasteiger partial charge in [0.05, 0.1) is 51.4 Å². The van der Waals surface area contributed by atoms with Gasteiger partial charge in [-0.05, 0) is 39.0 Å². The SMILES string of the molecule is CCCOCCOCC(=O)CCCOCCOCC(=O)NCCCC[C@H](NCC(=O)[C@@H]([NH])Cc1cnc[nH]1)C(C)=O. The Hall–Kier alpha value is -2.55. The van der Waals surface area contributed by atoms with Crippen LogP contribution in [0.3, 0.4) is 0 Å². The molecule has 4 N–H and O–H groups in total. The summed E-state index contributed by atoms with van der Waals surface area (Å²) >= 11 is 0. The number of nitrogens with one attached hydrogen (secondary N) is 4. The highest BCUT2D eigenvalue weighted by atomic mass is 16.5. The van der Waals surface area contributed by atoms with Crippen molar-refractivity contribution in [1.82, 2.24) is 26.3 Å². The minimum absolute atomic E-state index is 0.0275. The number of hydrogen-bond donors (Lipinski definition) is 3. The number of aromatic nitrogens is 2. The third kappa shape index (κ3) is 20.0. The molecule has 1 aromatic rings. The molecular formula is C28H48N5O8. The van der Waals surface area contributed by atoms with Gasteiger partial charge in [-0.15, -0.1) is 0 Å². The van der Waals surface area contributed by atoms with Crippen molar-refractivity contribution in [3.05, 3.63) is 18.2 Å². The van der Waals surface area contributed by atoms with Crippen molar-refractivity contribution < 1.29 is 38.1 Å². The van der Waals surface area contributed by atoms with E-state index in [2.05, 4.69) is 20.6 Å². The fourth-order valence-electron chi connectivity index (χ4n) is 3.66. The van der Waals surface area contributed by atoms with Crippen LogP contribution in [0.2, 0.25) is 0 Å². The zero-order valence-electron chi connectivity index (χ0n) is 24.5. The molecule has 0 aliphatic heterocycles. The van der Waals surface area contributed by atoms with E-state index < -0.39 is 12.1 Å². The van der Waals surface area contributed by atoms with Gasteiger partial charge < -0.3 is 34.6 Å². The zero-order chi connectivity index (χ0) is 30.1. The maximum atomic E-state index is 12.2. The Balaban J connectivity index is 1.98. The quantitative estimate of drug-likeness (QED) is 0.120. The molecule has 41 heavy (non-hydrogen) atoms. The predicted molar refractivity (Wildman–Crippen MR) is 151 cm³/mol. The average Bonchev–Trinajstić information content (AvgIpc) is 3.46. The van der Waals surface area contributed by atoms with Crippen LogP contribution in [0.15, 0.2) is 12.5 Å².